The second-order valence-electron chi connectivity index (χ2n) is 9.63. The molecular formula is C23H33Cl2N3O2. The van der Waals surface area contributed by atoms with E-state index in [2.05, 4.69) is 30.6 Å². The predicted molar refractivity (Wildman–Crippen MR) is 122 cm³/mol. The standard InChI is InChI=1S/C23H33Cl2N3O2/c1-17(29)23(15-26-9-5-6-10-26)16-27(22(2,3)4)11-12-28(23)21(30)14-18-7-8-19(24)20(25)13-18/h7-8,13H,5-6,9-12,14-16H2,1-4H3. The van der Waals surface area contributed by atoms with Crippen LogP contribution in [0, 0.1) is 0 Å². The summed E-state index contributed by atoms with van der Waals surface area (Å²) >= 11 is 12.2. The Bertz CT molecular complexity index is 802. The highest BCUT2D eigenvalue weighted by Gasteiger charge is 2.50. The van der Waals surface area contributed by atoms with Crippen LogP contribution in [0.5, 0.6) is 0 Å². The molecule has 0 aliphatic carbocycles. The van der Waals surface area contributed by atoms with Crippen molar-refractivity contribution in [2.75, 3.05) is 39.3 Å². The van der Waals surface area contributed by atoms with Crippen molar-refractivity contribution >= 4 is 34.9 Å². The summed E-state index contributed by atoms with van der Waals surface area (Å²) < 4.78 is 0. The van der Waals surface area contributed by atoms with Gasteiger partial charge in [-0.05, 0) is 71.3 Å². The quantitative estimate of drug-likeness (QED) is 0.677. The molecule has 0 saturated carbocycles. The molecule has 0 bridgehead atoms. The Hall–Kier alpha value is -1.14. The normalized spacial score (nSPS) is 23.7. The summed E-state index contributed by atoms with van der Waals surface area (Å²) in [7, 11) is 0. The van der Waals surface area contributed by atoms with Gasteiger partial charge in [-0.1, -0.05) is 29.3 Å². The van der Waals surface area contributed by atoms with Gasteiger partial charge in [0.05, 0.1) is 16.5 Å². The lowest BCUT2D eigenvalue weighted by atomic mass is 9.85. The fourth-order valence-corrected chi connectivity index (χ4v) is 4.95. The maximum Gasteiger partial charge on any atom is 0.227 e. The van der Waals surface area contributed by atoms with Gasteiger partial charge in [0.25, 0.3) is 0 Å². The number of halogens is 2. The van der Waals surface area contributed by atoms with Crippen molar-refractivity contribution in [3.63, 3.8) is 0 Å². The SMILES string of the molecule is CC(=O)C1(CN2CCCC2)CN(C(C)(C)C)CCN1C(=O)Cc1ccc(Cl)c(Cl)c1. The Labute approximate surface area is 190 Å². The molecule has 2 fully saturated rings. The zero-order valence-electron chi connectivity index (χ0n) is 18.5. The van der Waals surface area contributed by atoms with E-state index in [1.54, 1.807) is 19.1 Å². The van der Waals surface area contributed by atoms with Crippen LogP contribution in [0.4, 0.5) is 0 Å². The van der Waals surface area contributed by atoms with E-state index < -0.39 is 5.54 Å². The van der Waals surface area contributed by atoms with E-state index in [4.69, 9.17) is 23.2 Å². The number of carbonyl (C=O) groups is 2. The van der Waals surface area contributed by atoms with Crippen molar-refractivity contribution < 1.29 is 9.59 Å². The molecule has 2 aliphatic rings. The third-order valence-electron chi connectivity index (χ3n) is 6.49. The zero-order valence-corrected chi connectivity index (χ0v) is 20.0. The van der Waals surface area contributed by atoms with Gasteiger partial charge in [0.1, 0.15) is 5.54 Å². The minimum atomic E-state index is -0.830. The number of rotatable bonds is 5. The maximum atomic E-state index is 13.5. The summed E-state index contributed by atoms with van der Waals surface area (Å²) in [5.41, 5.74) is -0.0837. The van der Waals surface area contributed by atoms with Crippen LogP contribution < -0.4 is 0 Å². The predicted octanol–water partition coefficient (Wildman–Crippen LogP) is 3.90. The van der Waals surface area contributed by atoms with E-state index in [9.17, 15) is 9.59 Å². The van der Waals surface area contributed by atoms with E-state index in [1.807, 2.05) is 11.0 Å². The molecule has 0 N–H and O–H groups in total. The average molecular weight is 454 g/mol. The first kappa shape index (κ1) is 23.5. The van der Waals surface area contributed by atoms with Gasteiger partial charge in [0, 0.05) is 31.7 Å². The molecule has 1 atom stereocenters. The van der Waals surface area contributed by atoms with Gasteiger partial charge < -0.3 is 9.80 Å². The number of piperazine rings is 1. The molecular weight excluding hydrogens is 421 g/mol. The number of nitrogens with zero attached hydrogens (tertiary/aromatic N) is 3. The average Bonchev–Trinajstić information content (AvgIpc) is 3.16. The largest absolute Gasteiger partial charge is 0.326 e. The lowest BCUT2D eigenvalue weighted by Gasteiger charge is -2.54. The highest BCUT2D eigenvalue weighted by molar-refractivity contribution is 6.42. The number of carbonyl (C=O) groups excluding carboxylic acids is 2. The molecule has 3 rings (SSSR count). The molecule has 5 nitrogen and oxygen atoms in total. The smallest absolute Gasteiger partial charge is 0.227 e. The highest BCUT2D eigenvalue weighted by atomic mass is 35.5. The third-order valence-corrected chi connectivity index (χ3v) is 7.23. The molecule has 166 valence electrons. The topological polar surface area (TPSA) is 43.9 Å². The van der Waals surface area contributed by atoms with Gasteiger partial charge in [-0.2, -0.15) is 0 Å². The molecule has 1 aromatic carbocycles. The van der Waals surface area contributed by atoms with E-state index in [0.29, 0.717) is 29.7 Å². The summed E-state index contributed by atoms with van der Waals surface area (Å²) in [5.74, 6) is 0.0298. The van der Waals surface area contributed by atoms with Crippen molar-refractivity contribution in [1.29, 1.82) is 0 Å². The van der Waals surface area contributed by atoms with Crippen LogP contribution in [-0.2, 0) is 16.0 Å². The molecule has 1 unspecified atom stereocenters. The summed E-state index contributed by atoms with van der Waals surface area (Å²) in [4.78, 5) is 33.2. The van der Waals surface area contributed by atoms with Gasteiger partial charge in [-0.25, -0.2) is 0 Å². The fraction of sp³-hybridized carbons (Fsp3) is 0.652. The number of Topliss-reactive ketones (excluding diaryl/α,β-unsaturated/α-hetero) is 1. The van der Waals surface area contributed by atoms with Crippen molar-refractivity contribution in [3.05, 3.63) is 33.8 Å². The molecule has 0 radical (unpaired) electrons. The summed E-state index contributed by atoms with van der Waals surface area (Å²) in [6.45, 7) is 12.6. The number of likely N-dealkylation sites (tertiary alicyclic amines) is 1. The summed E-state index contributed by atoms with van der Waals surface area (Å²) in [6.07, 6.45) is 2.50. The van der Waals surface area contributed by atoms with Crippen LogP contribution in [-0.4, -0.2) is 76.7 Å². The summed E-state index contributed by atoms with van der Waals surface area (Å²) in [6, 6.07) is 5.28. The van der Waals surface area contributed by atoms with Crippen LogP contribution in [0.3, 0.4) is 0 Å². The molecule has 0 aromatic heterocycles. The van der Waals surface area contributed by atoms with Crippen LogP contribution in [0.1, 0.15) is 46.1 Å². The highest BCUT2D eigenvalue weighted by Crippen LogP contribution is 2.31. The molecule has 1 aromatic rings. The fourth-order valence-electron chi connectivity index (χ4n) is 4.63. The van der Waals surface area contributed by atoms with Gasteiger partial charge in [-0.15, -0.1) is 0 Å². The van der Waals surface area contributed by atoms with Gasteiger partial charge in [-0.3, -0.25) is 14.5 Å². The first-order valence-corrected chi connectivity index (χ1v) is 11.5. The minimum absolute atomic E-state index is 0.0312. The van der Waals surface area contributed by atoms with Crippen molar-refractivity contribution in [2.45, 2.75) is 58.0 Å². The Balaban J connectivity index is 1.91. The first-order valence-electron chi connectivity index (χ1n) is 10.8. The molecule has 2 aliphatic heterocycles. The molecule has 2 heterocycles. The van der Waals surface area contributed by atoms with Gasteiger partial charge in [0.15, 0.2) is 5.78 Å². The monoisotopic (exact) mass is 453 g/mol. The van der Waals surface area contributed by atoms with Crippen LogP contribution in [0.2, 0.25) is 10.0 Å². The number of benzene rings is 1. The van der Waals surface area contributed by atoms with Crippen LogP contribution >= 0.6 is 23.2 Å². The summed E-state index contributed by atoms with van der Waals surface area (Å²) in [5, 5.41) is 0.910. The molecule has 7 heteroatoms. The Morgan fingerprint density at radius 2 is 1.70 bits per heavy atom. The van der Waals surface area contributed by atoms with Crippen LogP contribution in [0.15, 0.2) is 18.2 Å². The number of ketones is 1. The number of hydrogen-bond donors (Lipinski definition) is 0. The molecule has 1 amide bonds. The second-order valence-corrected chi connectivity index (χ2v) is 10.4. The van der Waals surface area contributed by atoms with E-state index in [0.717, 1.165) is 38.0 Å². The van der Waals surface area contributed by atoms with Crippen molar-refractivity contribution in [3.8, 4) is 0 Å². The Morgan fingerprint density at radius 1 is 1.03 bits per heavy atom. The van der Waals surface area contributed by atoms with Gasteiger partial charge in [0.2, 0.25) is 5.91 Å². The van der Waals surface area contributed by atoms with E-state index in [1.165, 1.54) is 0 Å². The molecule has 2 saturated heterocycles. The van der Waals surface area contributed by atoms with Crippen molar-refractivity contribution in [1.82, 2.24) is 14.7 Å². The molecule has 0 spiro atoms. The molecule has 30 heavy (non-hydrogen) atoms. The number of hydrogen-bond acceptors (Lipinski definition) is 4. The van der Waals surface area contributed by atoms with Crippen molar-refractivity contribution in [2.24, 2.45) is 0 Å². The Morgan fingerprint density at radius 3 is 2.27 bits per heavy atom. The minimum Gasteiger partial charge on any atom is -0.326 e. The third kappa shape index (κ3) is 5.01. The second kappa shape index (κ2) is 9.15. The van der Waals surface area contributed by atoms with E-state index in [-0.39, 0.29) is 23.7 Å². The Kier molecular flexibility index (Phi) is 7.18. The van der Waals surface area contributed by atoms with Crippen LogP contribution in [0.25, 0.3) is 0 Å². The lowest BCUT2D eigenvalue weighted by molar-refractivity contribution is -0.155. The lowest BCUT2D eigenvalue weighted by Crippen LogP contribution is -2.72. The number of amides is 1. The first-order chi connectivity index (χ1) is 14.0. The van der Waals surface area contributed by atoms with E-state index >= 15 is 0 Å². The zero-order chi connectivity index (χ0) is 22.1. The van der Waals surface area contributed by atoms with Gasteiger partial charge >= 0.3 is 0 Å². The maximum absolute atomic E-state index is 13.5.